The van der Waals surface area contributed by atoms with Crippen LogP contribution in [0.1, 0.15) is 11.3 Å². The Hall–Kier alpha value is -2.48. The van der Waals surface area contributed by atoms with Crippen LogP contribution in [0.4, 0.5) is 0 Å². The molecule has 0 amide bonds. The highest BCUT2D eigenvalue weighted by molar-refractivity contribution is 7.90. The fraction of sp³-hybridized carbons (Fsp3) is 0.0833. The first kappa shape index (κ1) is 13.9. The minimum Gasteiger partial charge on any atom is -0.259 e. The van der Waals surface area contributed by atoms with Crippen molar-refractivity contribution in [3.8, 4) is 0 Å². The number of rotatable bonds is 4. The first-order valence-electron chi connectivity index (χ1n) is 5.57. The van der Waals surface area contributed by atoms with Gasteiger partial charge in [0, 0.05) is 12.3 Å². The third-order valence-electron chi connectivity index (χ3n) is 2.54. The number of aryl methyl sites for hydroxylation is 1. The number of nitro groups is 1. The third-order valence-corrected chi connectivity index (χ3v) is 4.17. The molecule has 0 saturated carbocycles. The molecule has 0 unspecified atom stereocenters. The van der Waals surface area contributed by atoms with Crippen LogP contribution in [0.3, 0.4) is 0 Å². The van der Waals surface area contributed by atoms with Crippen LogP contribution < -0.4 is 0 Å². The van der Waals surface area contributed by atoms with E-state index in [0.29, 0.717) is 6.20 Å². The van der Waals surface area contributed by atoms with Gasteiger partial charge < -0.3 is 0 Å². The summed E-state index contributed by atoms with van der Waals surface area (Å²) in [6, 6.07) is 6.38. The van der Waals surface area contributed by atoms with Crippen molar-refractivity contribution >= 4 is 16.1 Å². The van der Waals surface area contributed by atoms with Gasteiger partial charge in [-0.1, -0.05) is 17.7 Å². The van der Waals surface area contributed by atoms with Crippen molar-refractivity contribution in [2.45, 2.75) is 11.8 Å². The number of aromatic nitrogens is 2. The van der Waals surface area contributed by atoms with Crippen LogP contribution in [0.15, 0.2) is 47.9 Å². The lowest BCUT2D eigenvalue weighted by Gasteiger charge is -2.04. The van der Waals surface area contributed by atoms with Crippen molar-refractivity contribution < 1.29 is 13.3 Å². The van der Waals surface area contributed by atoms with Gasteiger partial charge >= 0.3 is 0 Å². The van der Waals surface area contributed by atoms with Gasteiger partial charge in [0.25, 0.3) is 10.0 Å². The van der Waals surface area contributed by atoms with Gasteiger partial charge in [0.05, 0.1) is 15.5 Å². The number of nitrogens with zero attached hydrogens (tertiary/aromatic N) is 3. The van der Waals surface area contributed by atoms with Crippen LogP contribution >= 0.6 is 0 Å². The third kappa shape index (κ3) is 2.91. The largest absolute Gasteiger partial charge is 0.268 e. The van der Waals surface area contributed by atoms with Crippen molar-refractivity contribution in [1.82, 2.24) is 8.96 Å². The predicted octanol–water partition coefficient (Wildman–Crippen LogP) is 1.68. The fourth-order valence-corrected chi connectivity index (χ4v) is 2.65. The quantitative estimate of drug-likeness (QED) is 0.631. The Balaban J connectivity index is 2.35. The van der Waals surface area contributed by atoms with E-state index in [2.05, 4.69) is 4.98 Å². The second-order valence-corrected chi connectivity index (χ2v) is 5.89. The van der Waals surface area contributed by atoms with E-state index in [1.54, 1.807) is 12.1 Å². The first-order valence-corrected chi connectivity index (χ1v) is 7.01. The van der Waals surface area contributed by atoms with Gasteiger partial charge in [0.1, 0.15) is 6.33 Å². The summed E-state index contributed by atoms with van der Waals surface area (Å²) in [6.07, 6.45) is 4.15. The van der Waals surface area contributed by atoms with Crippen LogP contribution in [-0.2, 0) is 10.0 Å². The Bertz CT molecular complexity index is 760. The van der Waals surface area contributed by atoms with E-state index in [-0.39, 0.29) is 10.6 Å². The standard InChI is InChI=1S/C12H11N3O4S/c1-10-2-4-12(5-3-10)20(18,19)14-8-11(13-9-14)6-7-15(16)17/h2-9H,1H3/b7-6+. The highest BCUT2D eigenvalue weighted by Crippen LogP contribution is 2.15. The summed E-state index contributed by atoms with van der Waals surface area (Å²) in [5.74, 6) is 0. The molecule has 0 aliphatic rings. The molecule has 2 rings (SSSR count). The normalized spacial score (nSPS) is 11.8. The maximum atomic E-state index is 12.3. The van der Waals surface area contributed by atoms with Crippen molar-refractivity contribution in [3.05, 3.63) is 64.4 Å². The van der Waals surface area contributed by atoms with E-state index in [9.17, 15) is 18.5 Å². The Morgan fingerprint density at radius 3 is 2.55 bits per heavy atom. The summed E-state index contributed by atoms with van der Waals surface area (Å²) in [7, 11) is -3.72. The molecule has 0 aliphatic carbocycles. The van der Waals surface area contributed by atoms with E-state index < -0.39 is 14.9 Å². The maximum absolute atomic E-state index is 12.3. The summed E-state index contributed by atoms with van der Waals surface area (Å²) >= 11 is 0. The van der Waals surface area contributed by atoms with E-state index in [0.717, 1.165) is 21.9 Å². The molecule has 1 heterocycles. The molecule has 0 N–H and O–H groups in total. The molecule has 7 nitrogen and oxygen atoms in total. The summed E-state index contributed by atoms with van der Waals surface area (Å²) in [5, 5.41) is 10.2. The van der Waals surface area contributed by atoms with Gasteiger partial charge in [-0.25, -0.2) is 17.4 Å². The van der Waals surface area contributed by atoms with Gasteiger partial charge in [0.15, 0.2) is 0 Å². The summed E-state index contributed by atoms with van der Waals surface area (Å²) in [6.45, 7) is 1.86. The molecule has 2 aromatic rings. The van der Waals surface area contributed by atoms with E-state index in [1.165, 1.54) is 18.3 Å². The SMILES string of the molecule is Cc1ccc(S(=O)(=O)n2cnc(/C=C/[N+](=O)[O-])c2)cc1. The van der Waals surface area contributed by atoms with Crippen molar-refractivity contribution in [1.29, 1.82) is 0 Å². The fourth-order valence-electron chi connectivity index (χ4n) is 1.51. The highest BCUT2D eigenvalue weighted by atomic mass is 32.2. The zero-order chi connectivity index (χ0) is 14.8. The van der Waals surface area contributed by atoms with Crippen LogP contribution in [0.5, 0.6) is 0 Å². The molecule has 20 heavy (non-hydrogen) atoms. The molecule has 0 saturated heterocycles. The Morgan fingerprint density at radius 2 is 1.95 bits per heavy atom. The Morgan fingerprint density at radius 1 is 1.30 bits per heavy atom. The summed E-state index contributed by atoms with van der Waals surface area (Å²) < 4.78 is 25.5. The molecule has 1 aromatic carbocycles. The summed E-state index contributed by atoms with van der Waals surface area (Å²) in [4.78, 5) is 13.5. The van der Waals surface area contributed by atoms with E-state index in [1.807, 2.05) is 6.92 Å². The number of hydrogen-bond acceptors (Lipinski definition) is 5. The van der Waals surface area contributed by atoms with Crippen LogP contribution in [0, 0.1) is 17.0 Å². The molecule has 0 fully saturated rings. The van der Waals surface area contributed by atoms with Crippen molar-refractivity contribution in [2.24, 2.45) is 0 Å². The lowest BCUT2D eigenvalue weighted by Crippen LogP contribution is -2.10. The zero-order valence-corrected chi connectivity index (χ0v) is 11.3. The van der Waals surface area contributed by atoms with Crippen LogP contribution in [-0.4, -0.2) is 22.3 Å². The minimum absolute atomic E-state index is 0.130. The van der Waals surface area contributed by atoms with Crippen molar-refractivity contribution in [2.75, 3.05) is 0 Å². The molecule has 0 bridgehead atoms. The molecule has 0 atom stereocenters. The average Bonchev–Trinajstić information content (AvgIpc) is 2.86. The second kappa shape index (κ2) is 5.25. The van der Waals surface area contributed by atoms with Gasteiger partial charge in [-0.15, -0.1) is 0 Å². The Labute approximate surface area is 115 Å². The highest BCUT2D eigenvalue weighted by Gasteiger charge is 2.16. The number of hydrogen-bond donors (Lipinski definition) is 0. The second-order valence-electron chi connectivity index (χ2n) is 4.05. The monoisotopic (exact) mass is 293 g/mol. The Kier molecular flexibility index (Phi) is 3.66. The van der Waals surface area contributed by atoms with Gasteiger partial charge in [-0.3, -0.25) is 10.1 Å². The molecule has 0 aliphatic heterocycles. The average molecular weight is 293 g/mol. The minimum atomic E-state index is -3.72. The lowest BCUT2D eigenvalue weighted by atomic mass is 10.2. The van der Waals surface area contributed by atoms with Gasteiger partial charge in [0.2, 0.25) is 6.20 Å². The number of imidazole rings is 1. The first-order chi connectivity index (χ1) is 9.39. The van der Waals surface area contributed by atoms with Gasteiger partial charge in [-0.2, -0.15) is 0 Å². The molecule has 0 radical (unpaired) electrons. The molecule has 8 heteroatoms. The molecule has 104 valence electrons. The van der Waals surface area contributed by atoms with Gasteiger partial charge in [-0.05, 0) is 19.1 Å². The molecular formula is C12H11N3O4S. The zero-order valence-electron chi connectivity index (χ0n) is 10.5. The topological polar surface area (TPSA) is 95.1 Å². The molecule has 1 aromatic heterocycles. The molecule has 0 spiro atoms. The summed E-state index contributed by atoms with van der Waals surface area (Å²) in [5.41, 5.74) is 1.14. The van der Waals surface area contributed by atoms with E-state index >= 15 is 0 Å². The van der Waals surface area contributed by atoms with Crippen LogP contribution in [0.25, 0.3) is 6.08 Å². The van der Waals surface area contributed by atoms with E-state index in [4.69, 9.17) is 0 Å². The smallest absolute Gasteiger partial charge is 0.259 e. The van der Waals surface area contributed by atoms with Crippen molar-refractivity contribution in [3.63, 3.8) is 0 Å². The lowest BCUT2D eigenvalue weighted by molar-refractivity contribution is -0.401. The van der Waals surface area contributed by atoms with Crippen LogP contribution in [0.2, 0.25) is 0 Å². The molecular weight excluding hydrogens is 282 g/mol. The maximum Gasteiger partial charge on any atom is 0.268 e. The predicted molar refractivity (Wildman–Crippen MR) is 72.0 cm³/mol. The number of benzene rings is 1.